The summed E-state index contributed by atoms with van der Waals surface area (Å²) in [6.07, 6.45) is 1.74. The molecule has 0 saturated carbocycles. The Morgan fingerprint density at radius 2 is 2.10 bits per heavy atom. The van der Waals surface area contributed by atoms with Crippen molar-refractivity contribution in [2.24, 2.45) is 0 Å². The van der Waals surface area contributed by atoms with Gasteiger partial charge in [0.2, 0.25) is 0 Å². The third-order valence-corrected chi connectivity index (χ3v) is 3.81. The molecule has 20 heavy (non-hydrogen) atoms. The first-order valence-corrected chi connectivity index (χ1v) is 7.10. The number of hydrogen-bond donors (Lipinski definition) is 0. The van der Waals surface area contributed by atoms with E-state index < -0.39 is 0 Å². The highest BCUT2D eigenvalue weighted by molar-refractivity contribution is 9.10. The molecule has 1 heterocycles. The Balaban J connectivity index is 2.30. The van der Waals surface area contributed by atoms with Crippen LogP contribution in [0.2, 0.25) is 0 Å². The molecule has 0 atom stereocenters. The van der Waals surface area contributed by atoms with Crippen LogP contribution in [0.5, 0.6) is 5.75 Å². The molecule has 0 saturated heterocycles. The number of halogens is 2. The molecule has 3 nitrogen and oxygen atoms in total. The van der Waals surface area contributed by atoms with E-state index in [0.29, 0.717) is 6.61 Å². The zero-order chi connectivity index (χ0) is 14.7. The average molecular weight is 339 g/mol. The summed E-state index contributed by atoms with van der Waals surface area (Å²) < 4.78 is 20.0. The summed E-state index contributed by atoms with van der Waals surface area (Å²) in [6.45, 7) is 4.26. The largest absolute Gasteiger partial charge is 0.491 e. The number of benzene rings is 1. The highest BCUT2D eigenvalue weighted by Crippen LogP contribution is 2.28. The van der Waals surface area contributed by atoms with Crippen molar-refractivity contribution >= 4 is 27.4 Å². The standard InChI is InChI=1S/C15H16BrFN2O/c1-4-20-14-6-5-11(8-13(14)17)19(3)15-7-10(2)12(16)9-18-15/h5-9H,4H2,1-3H3. The molecule has 0 amide bonds. The quantitative estimate of drug-likeness (QED) is 0.822. The second kappa shape index (κ2) is 6.22. The van der Waals surface area contributed by atoms with Gasteiger partial charge in [-0.1, -0.05) is 0 Å². The van der Waals surface area contributed by atoms with Gasteiger partial charge in [0.05, 0.1) is 6.61 Å². The van der Waals surface area contributed by atoms with Crippen LogP contribution in [0.4, 0.5) is 15.9 Å². The fourth-order valence-corrected chi connectivity index (χ4v) is 2.03. The van der Waals surface area contributed by atoms with E-state index in [2.05, 4.69) is 20.9 Å². The van der Waals surface area contributed by atoms with Crippen molar-refractivity contribution in [1.82, 2.24) is 4.98 Å². The molecule has 0 aliphatic carbocycles. The number of nitrogens with zero attached hydrogens (tertiary/aromatic N) is 2. The van der Waals surface area contributed by atoms with Crippen LogP contribution in [-0.2, 0) is 0 Å². The van der Waals surface area contributed by atoms with E-state index in [0.717, 1.165) is 21.5 Å². The Bertz CT molecular complexity index is 619. The molecule has 0 unspecified atom stereocenters. The summed E-state index contributed by atoms with van der Waals surface area (Å²) >= 11 is 3.42. The van der Waals surface area contributed by atoms with Gasteiger partial charge in [-0.2, -0.15) is 0 Å². The zero-order valence-corrected chi connectivity index (χ0v) is 13.2. The van der Waals surface area contributed by atoms with Crippen molar-refractivity contribution in [3.63, 3.8) is 0 Å². The summed E-state index contributed by atoms with van der Waals surface area (Å²) in [5.74, 6) is 0.656. The van der Waals surface area contributed by atoms with E-state index in [1.54, 1.807) is 12.3 Å². The van der Waals surface area contributed by atoms with Crippen LogP contribution >= 0.6 is 15.9 Å². The minimum Gasteiger partial charge on any atom is -0.491 e. The van der Waals surface area contributed by atoms with E-state index in [4.69, 9.17) is 4.74 Å². The predicted octanol–water partition coefficient (Wildman–Crippen LogP) is 4.46. The first-order chi connectivity index (χ1) is 9.52. The number of anilines is 2. The van der Waals surface area contributed by atoms with E-state index in [9.17, 15) is 4.39 Å². The van der Waals surface area contributed by atoms with Crippen molar-refractivity contribution in [1.29, 1.82) is 0 Å². The Morgan fingerprint density at radius 3 is 2.70 bits per heavy atom. The molecule has 0 aliphatic heterocycles. The fraction of sp³-hybridized carbons (Fsp3) is 0.267. The lowest BCUT2D eigenvalue weighted by atomic mass is 10.2. The summed E-state index contributed by atoms with van der Waals surface area (Å²) in [7, 11) is 1.85. The molecule has 0 fully saturated rings. The lowest BCUT2D eigenvalue weighted by molar-refractivity contribution is 0.321. The third kappa shape index (κ3) is 3.10. The molecule has 2 aromatic rings. The van der Waals surface area contributed by atoms with Gasteiger partial charge in [-0.25, -0.2) is 9.37 Å². The molecular formula is C15H16BrFN2O. The number of hydrogen-bond acceptors (Lipinski definition) is 3. The van der Waals surface area contributed by atoms with E-state index >= 15 is 0 Å². The number of rotatable bonds is 4. The van der Waals surface area contributed by atoms with Gasteiger partial charge in [-0.05, 0) is 53.5 Å². The molecule has 5 heteroatoms. The molecule has 0 bridgehead atoms. The molecule has 0 radical (unpaired) electrons. The van der Waals surface area contributed by atoms with Gasteiger partial charge < -0.3 is 9.64 Å². The number of aryl methyl sites for hydroxylation is 1. The normalized spacial score (nSPS) is 10.4. The maximum atomic E-state index is 13.9. The van der Waals surface area contributed by atoms with E-state index in [-0.39, 0.29) is 11.6 Å². The van der Waals surface area contributed by atoms with Crippen molar-refractivity contribution < 1.29 is 9.13 Å². The highest BCUT2D eigenvalue weighted by atomic mass is 79.9. The second-order valence-electron chi connectivity index (χ2n) is 4.40. The van der Waals surface area contributed by atoms with Gasteiger partial charge >= 0.3 is 0 Å². The molecule has 0 aliphatic rings. The molecular weight excluding hydrogens is 323 g/mol. The molecule has 0 spiro atoms. The summed E-state index contributed by atoms with van der Waals surface area (Å²) in [6, 6.07) is 6.84. The number of aromatic nitrogens is 1. The first kappa shape index (κ1) is 14.8. The Hall–Kier alpha value is -1.62. The van der Waals surface area contributed by atoms with Gasteiger partial charge in [0.15, 0.2) is 11.6 Å². The summed E-state index contributed by atoms with van der Waals surface area (Å²) in [4.78, 5) is 6.16. The monoisotopic (exact) mass is 338 g/mol. The van der Waals surface area contributed by atoms with Gasteiger partial charge in [-0.15, -0.1) is 0 Å². The smallest absolute Gasteiger partial charge is 0.167 e. The average Bonchev–Trinajstić information content (AvgIpc) is 2.43. The molecule has 1 aromatic carbocycles. The van der Waals surface area contributed by atoms with Crippen LogP contribution in [0, 0.1) is 12.7 Å². The van der Waals surface area contributed by atoms with Crippen molar-refractivity contribution in [3.05, 3.63) is 46.3 Å². The van der Waals surface area contributed by atoms with Crippen LogP contribution in [0.25, 0.3) is 0 Å². The Kier molecular flexibility index (Phi) is 4.60. The van der Waals surface area contributed by atoms with Crippen LogP contribution in [0.3, 0.4) is 0 Å². The number of pyridine rings is 1. The SMILES string of the molecule is CCOc1ccc(N(C)c2cc(C)c(Br)cn2)cc1F. The third-order valence-electron chi connectivity index (χ3n) is 2.98. The summed E-state index contributed by atoms with van der Waals surface area (Å²) in [5, 5.41) is 0. The van der Waals surface area contributed by atoms with Crippen molar-refractivity contribution in [3.8, 4) is 5.75 Å². The topological polar surface area (TPSA) is 25.4 Å². The summed E-state index contributed by atoms with van der Waals surface area (Å²) in [5.41, 5.74) is 1.80. The maximum absolute atomic E-state index is 13.9. The lowest BCUT2D eigenvalue weighted by Gasteiger charge is -2.19. The van der Waals surface area contributed by atoms with Crippen LogP contribution < -0.4 is 9.64 Å². The molecule has 1 aromatic heterocycles. The Morgan fingerprint density at radius 1 is 1.35 bits per heavy atom. The zero-order valence-electron chi connectivity index (χ0n) is 11.7. The fourth-order valence-electron chi connectivity index (χ4n) is 1.81. The van der Waals surface area contributed by atoms with Crippen molar-refractivity contribution in [2.75, 3.05) is 18.6 Å². The van der Waals surface area contributed by atoms with Crippen molar-refractivity contribution in [2.45, 2.75) is 13.8 Å². The minimum absolute atomic E-state index is 0.268. The number of ether oxygens (including phenoxy) is 1. The van der Waals surface area contributed by atoms with E-state index in [1.165, 1.54) is 6.07 Å². The molecule has 2 rings (SSSR count). The van der Waals surface area contributed by atoms with Gasteiger partial charge in [-0.3, -0.25) is 0 Å². The van der Waals surface area contributed by atoms with Crippen LogP contribution in [-0.4, -0.2) is 18.6 Å². The molecule has 0 N–H and O–H groups in total. The van der Waals surface area contributed by atoms with Gasteiger partial charge in [0.1, 0.15) is 5.82 Å². The van der Waals surface area contributed by atoms with Gasteiger partial charge in [0.25, 0.3) is 0 Å². The Labute approximate surface area is 126 Å². The van der Waals surface area contributed by atoms with Crippen LogP contribution in [0.1, 0.15) is 12.5 Å². The highest BCUT2D eigenvalue weighted by Gasteiger charge is 2.10. The minimum atomic E-state index is -0.370. The lowest BCUT2D eigenvalue weighted by Crippen LogP contribution is -2.11. The van der Waals surface area contributed by atoms with Gasteiger partial charge in [0, 0.05) is 29.5 Å². The first-order valence-electron chi connectivity index (χ1n) is 6.31. The predicted molar refractivity (Wildman–Crippen MR) is 82.3 cm³/mol. The maximum Gasteiger partial charge on any atom is 0.167 e. The molecule has 106 valence electrons. The van der Waals surface area contributed by atoms with Crippen LogP contribution in [0.15, 0.2) is 34.9 Å². The second-order valence-corrected chi connectivity index (χ2v) is 5.25. The van der Waals surface area contributed by atoms with E-state index in [1.807, 2.05) is 37.9 Å².